The zero-order chi connectivity index (χ0) is 14.2. The average Bonchev–Trinajstić information content (AvgIpc) is 2.88. The van der Waals surface area contributed by atoms with Gasteiger partial charge in [0.05, 0.1) is 37.3 Å². The molecule has 108 valence electrons. The molecule has 0 heterocycles. The number of fused-ring (bicyclic) bond motifs is 2. The number of carbonyl (C=O) groups excluding carboxylic acids is 2. The van der Waals surface area contributed by atoms with E-state index in [0.29, 0.717) is 6.42 Å². The fraction of sp³-hybridized carbons (Fsp3) is 0.846. The molecule has 2 aliphatic carbocycles. The highest BCUT2D eigenvalue weighted by atomic mass is 16.5. The van der Waals surface area contributed by atoms with Crippen LogP contribution in [0.15, 0.2) is 0 Å². The molecule has 0 aliphatic heterocycles. The molecule has 0 radical (unpaired) electrons. The molecule has 2 saturated carbocycles. The Kier molecular flexibility index (Phi) is 4.10. The van der Waals surface area contributed by atoms with Crippen LogP contribution in [0.5, 0.6) is 0 Å². The Morgan fingerprint density at radius 3 is 1.63 bits per heavy atom. The standard InChI is InChI=1S/C13H20O6/c1-3-18-12(16)8-6-5-7(11(15)10(6)14)9(8)13(17)19-4-2/h6-11,14-15H,3-5H2,1-2H3/t6-,7+,8-,9-,10-,11+/m0/s1. The van der Waals surface area contributed by atoms with Crippen LogP contribution in [-0.2, 0) is 19.1 Å². The van der Waals surface area contributed by atoms with Gasteiger partial charge in [0.1, 0.15) is 0 Å². The van der Waals surface area contributed by atoms with E-state index >= 15 is 0 Å². The Bertz CT molecular complexity index is 334. The summed E-state index contributed by atoms with van der Waals surface area (Å²) < 4.78 is 9.96. The van der Waals surface area contributed by atoms with Crippen LogP contribution in [-0.4, -0.2) is 47.6 Å². The van der Waals surface area contributed by atoms with E-state index in [2.05, 4.69) is 0 Å². The second kappa shape index (κ2) is 5.46. The maximum absolute atomic E-state index is 12.0. The molecule has 19 heavy (non-hydrogen) atoms. The van der Waals surface area contributed by atoms with Gasteiger partial charge in [0, 0.05) is 11.8 Å². The van der Waals surface area contributed by atoms with E-state index in [4.69, 9.17) is 9.47 Å². The molecule has 6 atom stereocenters. The number of ether oxygens (including phenoxy) is 2. The van der Waals surface area contributed by atoms with Gasteiger partial charge in [0.2, 0.25) is 0 Å². The Morgan fingerprint density at radius 1 is 0.947 bits per heavy atom. The Morgan fingerprint density at radius 2 is 1.32 bits per heavy atom. The summed E-state index contributed by atoms with van der Waals surface area (Å²) in [5.41, 5.74) is 0. The summed E-state index contributed by atoms with van der Waals surface area (Å²) in [5.74, 6) is -3.23. The highest BCUT2D eigenvalue weighted by molar-refractivity contribution is 5.84. The Balaban J connectivity index is 2.22. The second-order valence-electron chi connectivity index (χ2n) is 5.10. The maximum atomic E-state index is 12.0. The van der Waals surface area contributed by atoms with Crippen LogP contribution in [0.4, 0.5) is 0 Å². The molecule has 0 aromatic rings. The Labute approximate surface area is 111 Å². The summed E-state index contributed by atoms with van der Waals surface area (Å²) in [5, 5.41) is 19.8. The van der Waals surface area contributed by atoms with Gasteiger partial charge in [-0.1, -0.05) is 0 Å². The highest BCUT2D eigenvalue weighted by Gasteiger charge is 2.63. The molecule has 6 nitrogen and oxygen atoms in total. The maximum Gasteiger partial charge on any atom is 0.310 e. The number of aliphatic hydroxyl groups excluding tert-OH is 2. The highest BCUT2D eigenvalue weighted by Crippen LogP contribution is 2.53. The summed E-state index contributed by atoms with van der Waals surface area (Å²) in [6, 6.07) is 0. The largest absolute Gasteiger partial charge is 0.466 e. The van der Waals surface area contributed by atoms with Crippen LogP contribution in [0.2, 0.25) is 0 Å². The lowest BCUT2D eigenvalue weighted by atomic mass is 9.76. The van der Waals surface area contributed by atoms with Crippen molar-refractivity contribution < 1.29 is 29.3 Å². The first-order valence-corrected chi connectivity index (χ1v) is 6.72. The predicted octanol–water partition coefficient (Wildman–Crippen LogP) is -0.284. The van der Waals surface area contributed by atoms with Crippen molar-refractivity contribution in [2.45, 2.75) is 32.5 Å². The van der Waals surface area contributed by atoms with Crippen molar-refractivity contribution in [1.29, 1.82) is 0 Å². The molecule has 6 heteroatoms. The van der Waals surface area contributed by atoms with E-state index in [1.807, 2.05) is 0 Å². The monoisotopic (exact) mass is 272 g/mol. The minimum atomic E-state index is -0.968. The van der Waals surface area contributed by atoms with Crippen molar-refractivity contribution in [2.24, 2.45) is 23.7 Å². The van der Waals surface area contributed by atoms with Gasteiger partial charge in [-0.05, 0) is 20.3 Å². The summed E-state index contributed by atoms with van der Waals surface area (Å²) in [4.78, 5) is 24.0. The lowest BCUT2D eigenvalue weighted by molar-refractivity contribution is -0.170. The van der Waals surface area contributed by atoms with Crippen molar-refractivity contribution in [3.05, 3.63) is 0 Å². The lowest BCUT2D eigenvalue weighted by Crippen LogP contribution is -2.48. The topological polar surface area (TPSA) is 93.1 Å². The molecule has 0 aromatic heterocycles. The van der Waals surface area contributed by atoms with Crippen molar-refractivity contribution in [3.63, 3.8) is 0 Å². The van der Waals surface area contributed by atoms with Crippen LogP contribution in [0.3, 0.4) is 0 Å². The molecular formula is C13H20O6. The third-order valence-corrected chi connectivity index (χ3v) is 4.20. The van der Waals surface area contributed by atoms with Gasteiger partial charge < -0.3 is 19.7 Å². The Hall–Kier alpha value is -1.14. The van der Waals surface area contributed by atoms with Crippen LogP contribution in [0.25, 0.3) is 0 Å². The van der Waals surface area contributed by atoms with Gasteiger partial charge in [-0.15, -0.1) is 0 Å². The van der Waals surface area contributed by atoms with E-state index in [1.54, 1.807) is 13.8 Å². The zero-order valence-corrected chi connectivity index (χ0v) is 11.1. The van der Waals surface area contributed by atoms with Gasteiger partial charge >= 0.3 is 11.9 Å². The van der Waals surface area contributed by atoms with E-state index < -0.39 is 47.8 Å². The number of rotatable bonds is 4. The fourth-order valence-electron chi connectivity index (χ4n) is 3.47. The lowest BCUT2D eigenvalue weighted by Gasteiger charge is -2.33. The molecule has 2 fully saturated rings. The van der Waals surface area contributed by atoms with Gasteiger partial charge in [-0.25, -0.2) is 0 Å². The minimum Gasteiger partial charge on any atom is -0.466 e. The van der Waals surface area contributed by atoms with Crippen molar-refractivity contribution in [2.75, 3.05) is 13.2 Å². The van der Waals surface area contributed by atoms with E-state index in [9.17, 15) is 19.8 Å². The molecule has 2 N–H and O–H groups in total. The number of hydrogen-bond acceptors (Lipinski definition) is 6. The predicted molar refractivity (Wildman–Crippen MR) is 63.9 cm³/mol. The van der Waals surface area contributed by atoms with Crippen LogP contribution in [0, 0.1) is 23.7 Å². The quantitative estimate of drug-likeness (QED) is 0.684. The van der Waals surface area contributed by atoms with Crippen molar-refractivity contribution in [3.8, 4) is 0 Å². The van der Waals surface area contributed by atoms with Crippen molar-refractivity contribution >= 4 is 11.9 Å². The van der Waals surface area contributed by atoms with Gasteiger partial charge in [-0.3, -0.25) is 9.59 Å². The fourth-order valence-corrected chi connectivity index (χ4v) is 3.47. The number of esters is 2. The molecule has 0 saturated heterocycles. The molecule has 0 unspecified atom stereocenters. The van der Waals surface area contributed by atoms with Gasteiger partial charge in [-0.2, -0.15) is 0 Å². The van der Waals surface area contributed by atoms with Crippen molar-refractivity contribution in [1.82, 2.24) is 0 Å². The summed E-state index contributed by atoms with van der Waals surface area (Å²) in [6.45, 7) is 3.83. The molecule has 0 aromatic carbocycles. The van der Waals surface area contributed by atoms with E-state index in [0.717, 1.165) is 0 Å². The van der Waals surface area contributed by atoms with Crippen LogP contribution >= 0.6 is 0 Å². The minimum absolute atomic E-state index is 0.223. The van der Waals surface area contributed by atoms with E-state index in [-0.39, 0.29) is 13.2 Å². The first-order chi connectivity index (χ1) is 9.02. The smallest absolute Gasteiger partial charge is 0.310 e. The normalized spacial score (nSPS) is 40.2. The summed E-state index contributed by atoms with van der Waals surface area (Å²) >= 11 is 0. The first kappa shape index (κ1) is 14.3. The molecular weight excluding hydrogens is 252 g/mol. The average molecular weight is 272 g/mol. The number of hydrogen-bond donors (Lipinski definition) is 2. The molecule has 2 aliphatic rings. The third-order valence-electron chi connectivity index (χ3n) is 4.20. The number of carbonyl (C=O) groups is 2. The molecule has 2 rings (SSSR count). The molecule has 0 amide bonds. The van der Waals surface area contributed by atoms with Crippen LogP contribution < -0.4 is 0 Å². The number of aliphatic hydroxyl groups is 2. The SMILES string of the molecule is CCOC(=O)[C@H]1[C@@H]2C[C@@H]([C@@H](O)[C@H]2O)[C@@H]1C(=O)OCC. The van der Waals surface area contributed by atoms with E-state index in [1.165, 1.54) is 0 Å². The third kappa shape index (κ3) is 2.23. The molecule has 0 spiro atoms. The zero-order valence-electron chi connectivity index (χ0n) is 11.1. The summed E-state index contributed by atoms with van der Waals surface area (Å²) in [7, 11) is 0. The van der Waals surface area contributed by atoms with Crippen LogP contribution in [0.1, 0.15) is 20.3 Å². The summed E-state index contributed by atoms with van der Waals surface area (Å²) in [6.07, 6.45) is -1.48. The molecule has 2 bridgehead atoms. The van der Waals surface area contributed by atoms with Gasteiger partial charge in [0.25, 0.3) is 0 Å². The first-order valence-electron chi connectivity index (χ1n) is 6.72. The van der Waals surface area contributed by atoms with Gasteiger partial charge in [0.15, 0.2) is 0 Å². The second-order valence-corrected chi connectivity index (χ2v) is 5.10.